The Labute approximate surface area is 173 Å². The van der Waals surface area contributed by atoms with Gasteiger partial charge in [0.05, 0.1) is 4.90 Å². The van der Waals surface area contributed by atoms with Crippen LogP contribution in [0.1, 0.15) is 15.9 Å². The van der Waals surface area contributed by atoms with Crippen molar-refractivity contribution < 1.29 is 13.2 Å². The number of carbonyl (C=O) groups excluding carboxylic acids is 1. The fraction of sp³-hybridized carbons (Fsp3) is 0.0500. The van der Waals surface area contributed by atoms with E-state index in [0.29, 0.717) is 15.7 Å². The van der Waals surface area contributed by atoms with Crippen LogP contribution in [0.3, 0.4) is 0 Å². The van der Waals surface area contributed by atoms with Gasteiger partial charge in [-0.2, -0.15) is 0 Å². The van der Waals surface area contributed by atoms with Gasteiger partial charge in [-0.3, -0.25) is 9.52 Å². The monoisotopic (exact) mass is 434 g/mol. The minimum absolute atomic E-state index is 0.140. The molecule has 2 N–H and O–H groups in total. The maximum Gasteiger partial charge on any atom is 0.261 e. The highest BCUT2D eigenvalue weighted by atomic mass is 35.5. The van der Waals surface area contributed by atoms with Crippen molar-refractivity contribution in [2.45, 2.75) is 11.8 Å². The zero-order chi connectivity index (χ0) is 20.3. The van der Waals surface area contributed by atoms with E-state index in [9.17, 15) is 13.2 Å². The molecule has 0 spiro atoms. The van der Waals surface area contributed by atoms with Crippen LogP contribution in [-0.4, -0.2) is 14.3 Å². The Balaban J connectivity index is 1.79. The second-order valence-corrected chi connectivity index (χ2v) is 8.67. The van der Waals surface area contributed by atoms with Crippen molar-refractivity contribution in [1.82, 2.24) is 0 Å². The third-order valence-electron chi connectivity index (χ3n) is 3.83. The van der Waals surface area contributed by atoms with Crippen LogP contribution >= 0.6 is 23.2 Å². The molecular formula is C20H16Cl2N2O3S. The van der Waals surface area contributed by atoms with Crippen molar-refractivity contribution in [3.8, 4) is 0 Å². The minimum Gasteiger partial charge on any atom is -0.322 e. The van der Waals surface area contributed by atoms with E-state index < -0.39 is 15.9 Å². The molecule has 5 nitrogen and oxygen atoms in total. The molecule has 0 saturated heterocycles. The first-order chi connectivity index (χ1) is 13.2. The van der Waals surface area contributed by atoms with E-state index in [0.717, 1.165) is 5.56 Å². The molecule has 0 fully saturated rings. The lowest BCUT2D eigenvalue weighted by molar-refractivity contribution is 0.102. The SMILES string of the molecule is Cc1ccc(S(=O)(=O)Nc2cccc(C(=O)Nc3cc(Cl)cc(Cl)c3)c2)cc1. The van der Waals surface area contributed by atoms with Crippen molar-refractivity contribution in [1.29, 1.82) is 0 Å². The molecule has 0 bridgehead atoms. The van der Waals surface area contributed by atoms with Crippen LogP contribution in [0, 0.1) is 6.92 Å². The molecule has 3 aromatic rings. The fourth-order valence-corrected chi connectivity index (χ4v) is 4.06. The summed E-state index contributed by atoms with van der Waals surface area (Å²) in [5.74, 6) is -0.422. The number of hydrogen-bond acceptors (Lipinski definition) is 3. The van der Waals surface area contributed by atoms with Gasteiger partial charge in [0.1, 0.15) is 0 Å². The van der Waals surface area contributed by atoms with E-state index in [4.69, 9.17) is 23.2 Å². The summed E-state index contributed by atoms with van der Waals surface area (Å²) >= 11 is 11.9. The molecule has 0 radical (unpaired) electrons. The maximum atomic E-state index is 12.5. The molecule has 1 amide bonds. The highest BCUT2D eigenvalue weighted by Gasteiger charge is 2.15. The van der Waals surface area contributed by atoms with Crippen LogP contribution in [0.25, 0.3) is 0 Å². The second kappa shape index (κ2) is 8.22. The molecule has 28 heavy (non-hydrogen) atoms. The molecule has 3 rings (SSSR count). The Morgan fingerprint density at radius 3 is 2.14 bits per heavy atom. The Morgan fingerprint density at radius 1 is 0.857 bits per heavy atom. The Morgan fingerprint density at radius 2 is 1.50 bits per heavy atom. The molecule has 8 heteroatoms. The number of anilines is 2. The van der Waals surface area contributed by atoms with Crippen LogP contribution in [0.2, 0.25) is 10.0 Å². The van der Waals surface area contributed by atoms with E-state index in [1.807, 2.05) is 6.92 Å². The first kappa shape index (κ1) is 20.2. The standard InChI is InChI=1S/C20H16Cl2N2O3S/c1-13-5-7-19(8-6-13)28(26,27)24-17-4-2-3-14(9-17)20(25)23-18-11-15(21)10-16(22)12-18/h2-12,24H,1H3,(H,23,25). The van der Waals surface area contributed by atoms with Gasteiger partial charge in [0.25, 0.3) is 15.9 Å². The van der Waals surface area contributed by atoms with Gasteiger partial charge in [0, 0.05) is 27.0 Å². The first-order valence-corrected chi connectivity index (χ1v) is 10.4. The van der Waals surface area contributed by atoms with Gasteiger partial charge in [-0.25, -0.2) is 8.42 Å². The quantitative estimate of drug-likeness (QED) is 0.567. The minimum atomic E-state index is -3.76. The summed E-state index contributed by atoms with van der Waals surface area (Å²) in [4.78, 5) is 12.6. The number of halogens is 2. The van der Waals surface area contributed by atoms with Gasteiger partial charge in [-0.15, -0.1) is 0 Å². The van der Waals surface area contributed by atoms with E-state index in [1.165, 1.54) is 18.2 Å². The van der Waals surface area contributed by atoms with E-state index >= 15 is 0 Å². The van der Waals surface area contributed by atoms with Gasteiger partial charge in [-0.05, 0) is 55.5 Å². The Kier molecular flexibility index (Phi) is 5.93. The number of nitrogens with one attached hydrogen (secondary N) is 2. The van der Waals surface area contributed by atoms with Gasteiger partial charge < -0.3 is 5.32 Å². The van der Waals surface area contributed by atoms with Crippen molar-refractivity contribution in [2.75, 3.05) is 10.0 Å². The molecular weight excluding hydrogens is 419 g/mol. The Bertz CT molecular complexity index is 1110. The number of benzene rings is 3. The lowest BCUT2D eigenvalue weighted by Gasteiger charge is -2.10. The van der Waals surface area contributed by atoms with Crippen LogP contribution in [0.5, 0.6) is 0 Å². The molecule has 0 aliphatic rings. The molecule has 0 saturated carbocycles. The van der Waals surface area contributed by atoms with Crippen molar-refractivity contribution in [2.24, 2.45) is 0 Å². The zero-order valence-electron chi connectivity index (χ0n) is 14.7. The summed E-state index contributed by atoms with van der Waals surface area (Å²) in [6.45, 7) is 1.87. The molecule has 0 aliphatic carbocycles. The Hall–Kier alpha value is -2.54. The summed E-state index contributed by atoms with van der Waals surface area (Å²) in [6, 6.07) is 17.4. The lowest BCUT2D eigenvalue weighted by atomic mass is 10.2. The normalized spacial score (nSPS) is 11.1. The zero-order valence-corrected chi connectivity index (χ0v) is 17.1. The molecule has 0 aromatic heterocycles. The van der Waals surface area contributed by atoms with Gasteiger partial charge in [0.15, 0.2) is 0 Å². The average Bonchev–Trinajstić information content (AvgIpc) is 2.61. The lowest BCUT2D eigenvalue weighted by Crippen LogP contribution is -2.15. The van der Waals surface area contributed by atoms with Crippen molar-refractivity contribution in [3.63, 3.8) is 0 Å². The highest BCUT2D eigenvalue weighted by molar-refractivity contribution is 7.92. The third-order valence-corrected chi connectivity index (χ3v) is 5.66. The molecule has 3 aromatic carbocycles. The number of amides is 1. The largest absolute Gasteiger partial charge is 0.322 e. The van der Waals surface area contributed by atoms with E-state index in [1.54, 1.807) is 48.5 Å². The number of hydrogen-bond donors (Lipinski definition) is 2. The summed E-state index contributed by atoms with van der Waals surface area (Å²) in [6.07, 6.45) is 0. The number of carbonyl (C=O) groups is 1. The van der Waals surface area contributed by atoms with Gasteiger partial charge in [0.2, 0.25) is 0 Å². The number of sulfonamides is 1. The van der Waals surface area contributed by atoms with E-state index in [2.05, 4.69) is 10.0 Å². The third kappa shape index (κ3) is 5.04. The van der Waals surface area contributed by atoms with Crippen LogP contribution in [-0.2, 0) is 10.0 Å². The smallest absolute Gasteiger partial charge is 0.261 e. The van der Waals surface area contributed by atoms with Crippen LogP contribution in [0.15, 0.2) is 71.6 Å². The topological polar surface area (TPSA) is 75.3 Å². The molecule has 144 valence electrons. The van der Waals surface area contributed by atoms with Crippen LogP contribution in [0.4, 0.5) is 11.4 Å². The fourth-order valence-electron chi connectivity index (χ4n) is 2.48. The number of aryl methyl sites for hydroxylation is 1. The number of rotatable bonds is 5. The molecule has 0 aliphatic heterocycles. The predicted octanol–water partition coefficient (Wildman–Crippen LogP) is 5.35. The van der Waals surface area contributed by atoms with E-state index in [-0.39, 0.29) is 16.1 Å². The van der Waals surface area contributed by atoms with Crippen LogP contribution < -0.4 is 10.0 Å². The second-order valence-electron chi connectivity index (χ2n) is 6.11. The summed E-state index contributed by atoms with van der Waals surface area (Å²) in [7, 11) is -3.76. The highest BCUT2D eigenvalue weighted by Crippen LogP contribution is 2.23. The molecule has 0 heterocycles. The first-order valence-electron chi connectivity index (χ1n) is 8.20. The summed E-state index contributed by atoms with van der Waals surface area (Å²) in [5, 5.41) is 3.47. The molecule has 0 atom stereocenters. The van der Waals surface area contributed by atoms with Crippen molar-refractivity contribution >= 4 is 50.5 Å². The summed E-state index contributed by atoms with van der Waals surface area (Å²) in [5.41, 5.74) is 1.95. The van der Waals surface area contributed by atoms with Gasteiger partial charge in [-0.1, -0.05) is 47.0 Å². The van der Waals surface area contributed by atoms with Gasteiger partial charge >= 0.3 is 0 Å². The van der Waals surface area contributed by atoms with Crippen molar-refractivity contribution in [3.05, 3.63) is 87.9 Å². The molecule has 0 unspecified atom stereocenters. The average molecular weight is 435 g/mol. The maximum absolute atomic E-state index is 12.5. The predicted molar refractivity (Wildman–Crippen MR) is 113 cm³/mol. The summed E-state index contributed by atoms with van der Waals surface area (Å²) < 4.78 is 27.5.